The van der Waals surface area contributed by atoms with Gasteiger partial charge in [-0.1, -0.05) is 31.1 Å². The van der Waals surface area contributed by atoms with Gasteiger partial charge >= 0.3 is 11.9 Å². The number of esters is 2. The predicted octanol–water partition coefficient (Wildman–Crippen LogP) is 6.27. The normalized spacial score (nSPS) is 17.1. The maximum atomic E-state index is 12.6. The Kier molecular flexibility index (Phi) is 12.6. The number of anilines is 2. The maximum Gasteiger partial charge on any atom is 0.330 e. The first-order valence-electron chi connectivity index (χ1n) is 14.0. The van der Waals surface area contributed by atoms with Crippen LogP contribution in [0.25, 0.3) is 6.08 Å². The van der Waals surface area contributed by atoms with Crippen LogP contribution >= 0.6 is 0 Å². The molecule has 0 aliphatic heterocycles. The Labute approximate surface area is 232 Å². The number of rotatable bonds is 15. The number of hydrogen-bond acceptors (Lipinski definition) is 7. The molecule has 0 radical (unpaired) electrons. The molecule has 1 saturated carbocycles. The summed E-state index contributed by atoms with van der Waals surface area (Å²) < 4.78 is 16.9. The van der Waals surface area contributed by atoms with Crippen molar-refractivity contribution >= 4 is 29.4 Å². The van der Waals surface area contributed by atoms with E-state index in [0.29, 0.717) is 23.5 Å². The zero-order valence-electron chi connectivity index (χ0n) is 22.8. The molecule has 0 bridgehead atoms. The van der Waals surface area contributed by atoms with Gasteiger partial charge in [0.25, 0.3) is 0 Å². The first-order chi connectivity index (χ1) is 18.9. The molecular formula is C32H42N2O5. The smallest absolute Gasteiger partial charge is 0.330 e. The summed E-state index contributed by atoms with van der Waals surface area (Å²) in [7, 11) is 0. The highest BCUT2D eigenvalue weighted by atomic mass is 16.5. The molecule has 0 atom stereocenters. The number of allylic oxidation sites excluding steroid dienone is 1. The molecule has 0 heterocycles. The van der Waals surface area contributed by atoms with Crippen molar-refractivity contribution in [1.29, 1.82) is 0 Å². The Morgan fingerprint density at radius 1 is 0.923 bits per heavy atom. The fourth-order valence-electron chi connectivity index (χ4n) is 4.62. The summed E-state index contributed by atoms with van der Waals surface area (Å²) in [5, 5.41) is 0. The Balaban J connectivity index is 1.32. The summed E-state index contributed by atoms with van der Waals surface area (Å²) in [6.45, 7) is 4.75. The maximum absolute atomic E-state index is 12.6. The summed E-state index contributed by atoms with van der Waals surface area (Å²) >= 11 is 0. The van der Waals surface area contributed by atoms with Crippen LogP contribution in [0.5, 0.6) is 5.75 Å². The molecule has 0 aromatic heterocycles. The Morgan fingerprint density at radius 3 is 2.41 bits per heavy atom. The molecule has 1 aliphatic carbocycles. The molecule has 7 heteroatoms. The van der Waals surface area contributed by atoms with Gasteiger partial charge in [0.05, 0.1) is 18.6 Å². The molecule has 2 aromatic rings. The molecule has 0 amide bonds. The van der Waals surface area contributed by atoms with E-state index in [1.54, 1.807) is 48.5 Å². The van der Waals surface area contributed by atoms with Crippen molar-refractivity contribution in [3.8, 4) is 5.75 Å². The van der Waals surface area contributed by atoms with E-state index < -0.39 is 5.97 Å². The summed E-state index contributed by atoms with van der Waals surface area (Å²) in [4.78, 5) is 24.7. The van der Waals surface area contributed by atoms with Gasteiger partial charge in [0.1, 0.15) is 5.75 Å². The van der Waals surface area contributed by atoms with E-state index in [0.717, 1.165) is 56.3 Å². The summed E-state index contributed by atoms with van der Waals surface area (Å²) in [6.07, 6.45) is 14.9. The lowest BCUT2D eigenvalue weighted by Gasteiger charge is -2.27. The average Bonchev–Trinajstić information content (AvgIpc) is 2.94. The molecular weight excluding hydrogens is 492 g/mol. The van der Waals surface area contributed by atoms with E-state index in [-0.39, 0.29) is 24.6 Å². The second kappa shape index (κ2) is 16.4. The van der Waals surface area contributed by atoms with Crippen molar-refractivity contribution in [2.45, 2.75) is 70.3 Å². The molecule has 39 heavy (non-hydrogen) atoms. The van der Waals surface area contributed by atoms with E-state index in [4.69, 9.17) is 25.7 Å². The van der Waals surface area contributed by atoms with Gasteiger partial charge in [0, 0.05) is 30.5 Å². The third-order valence-electron chi connectivity index (χ3n) is 6.96. The van der Waals surface area contributed by atoms with Crippen molar-refractivity contribution in [1.82, 2.24) is 0 Å². The zero-order chi connectivity index (χ0) is 27.9. The predicted molar refractivity (Wildman–Crippen MR) is 156 cm³/mol. The second-order valence-corrected chi connectivity index (χ2v) is 10.0. The molecule has 7 nitrogen and oxygen atoms in total. The summed E-state index contributed by atoms with van der Waals surface area (Å²) in [5.74, 6) is -0.241. The fourth-order valence-corrected chi connectivity index (χ4v) is 4.62. The summed E-state index contributed by atoms with van der Waals surface area (Å²) in [6, 6.07) is 12.3. The van der Waals surface area contributed by atoms with Crippen LogP contribution in [0.15, 0.2) is 61.2 Å². The number of carbonyl (C=O) groups excluding carboxylic acids is 2. The lowest BCUT2D eigenvalue weighted by molar-refractivity contribution is -0.141. The third-order valence-corrected chi connectivity index (χ3v) is 6.96. The molecule has 0 unspecified atom stereocenters. The number of hydrogen-bond donors (Lipinski definition) is 2. The lowest BCUT2D eigenvalue weighted by Crippen LogP contribution is -2.29. The fraction of sp³-hybridized carbons (Fsp3) is 0.438. The molecule has 3 rings (SSSR count). The standard InChI is InChI=1S/C32H42N2O5/c1-2-3-4-5-6-7-21-37-28-16-11-25(12-17-28)32(36)39-29-14-8-24(9-15-29)10-19-31(35)38-22-20-26-23-27(33)13-18-30(26)34/h2,8-10,13-15,18-19,23,25,28H,1,3-7,11-12,16-17,20-22,33-34H2/b19-10+. The highest BCUT2D eigenvalue weighted by Gasteiger charge is 2.28. The van der Waals surface area contributed by atoms with E-state index in [1.807, 2.05) is 6.08 Å². The van der Waals surface area contributed by atoms with Crippen molar-refractivity contribution in [2.75, 3.05) is 24.7 Å². The third kappa shape index (κ3) is 11.0. The van der Waals surface area contributed by atoms with Crippen LogP contribution in [0.2, 0.25) is 0 Å². The minimum absolute atomic E-state index is 0.0965. The number of nitrogens with two attached hydrogens (primary N) is 2. The molecule has 4 N–H and O–H groups in total. The molecule has 1 aliphatic rings. The van der Waals surface area contributed by atoms with Gasteiger partial charge in [0.15, 0.2) is 0 Å². The zero-order valence-corrected chi connectivity index (χ0v) is 22.8. The van der Waals surface area contributed by atoms with Gasteiger partial charge in [-0.2, -0.15) is 0 Å². The Morgan fingerprint density at radius 2 is 1.67 bits per heavy atom. The lowest BCUT2D eigenvalue weighted by atomic mass is 9.87. The van der Waals surface area contributed by atoms with Crippen LogP contribution in [0.4, 0.5) is 11.4 Å². The monoisotopic (exact) mass is 534 g/mol. The van der Waals surface area contributed by atoms with Crippen LogP contribution in [-0.2, 0) is 25.5 Å². The van der Waals surface area contributed by atoms with Gasteiger partial charge in [0.2, 0.25) is 0 Å². The van der Waals surface area contributed by atoms with Crippen molar-refractivity contribution < 1.29 is 23.8 Å². The van der Waals surface area contributed by atoms with Crippen molar-refractivity contribution in [2.24, 2.45) is 5.92 Å². The summed E-state index contributed by atoms with van der Waals surface area (Å²) in [5.41, 5.74) is 14.6. The number of unbranched alkanes of at least 4 members (excludes halogenated alkanes) is 4. The van der Waals surface area contributed by atoms with Gasteiger partial charge < -0.3 is 25.7 Å². The van der Waals surface area contributed by atoms with Crippen molar-refractivity contribution in [3.63, 3.8) is 0 Å². The Hall–Kier alpha value is -3.58. The number of benzene rings is 2. The van der Waals surface area contributed by atoms with Crippen LogP contribution in [0, 0.1) is 5.92 Å². The quantitative estimate of drug-likeness (QED) is 0.0691. The van der Waals surface area contributed by atoms with Gasteiger partial charge in [-0.05, 0) is 92.5 Å². The second-order valence-electron chi connectivity index (χ2n) is 10.0. The number of ether oxygens (including phenoxy) is 3. The highest BCUT2D eigenvalue weighted by Crippen LogP contribution is 2.28. The number of carbonyl (C=O) groups is 2. The van der Waals surface area contributed by atoms with Gasteiger partial charge in [-0.3, -0.25) is 4.79 Å². The molecule has 1 fully saturated rings. The molecule has 210 valence electrons. The largest absolute Gasteiger partial charge is 0.462 e. The average molecular weight is 535 g/mol. The minimum atomic E-state index is -0.448. The van der Waals surface area contributed by atoms with Crippen LogP contribution < -0.4 is 16.2 Å². The first-order valence-corrected chi connectivity index (χ1v) is 14.0. The topological polar surface area (TPSA) is 114 Å². The molecule has 0 spiro atoms. The molecule has 0 saturated heterocycles. The van der Waals surface area contributed by atoms with Gasteiger partial charge in [-0.25, -0.2) is 4.79 Å². The van der Waals surface area contributed by atoms with Crippen molar-refractivity contribution in [3.05, 3.63) is 72.3 Å². The van der Waals surface area contributed by atoms with Crippen LogP contribution in [0.3, 0.4) is 0 Å². The van der Waals surface area contributed by atoms with E-state index in [1.165, 1.54) is 25.3 Å². The van der Waals surface area contributed by atoms with Crippen LogP contribution in [-0.4, -0.2) is 31.3 Å². The van der Waals surface area contributed by atoms with Crippen LogP contribution in [0.1, 0.15) is 68.9 Å². The van der Waals surface area contributed by atoms with E-state index in [9.17, 15) is 9.59 Å². The highest BCUT2D eigenvalue weighted by molar-refractivity contribution is 5.87. The Bertz CT molecular complexity index is 1090. The SMILES string of the molecule is C=CCCCCCCOC1CCC(C(=O)Oc2ccc(/C=C/C(=O)OCCc3cc(N)ccc3N)cc2)CC1. The molecule has 2 aromatic carbocycles. The number of nitrogen functional groups attached to an aromatic ring is 2. The van der Waals surface area contributed by atoms with Gasteiger partial charge in [-0.15, -0.1) is 6.58 Å². The van der Waals surface area contributed by atoms with E-state index >= 15 is 0 Å². The van der Waals surface area contributed by atoms with E-state index in [2.05, 4.69) is 6.58 Å². The minimum Gasteiger partial charge on any atom is -0.462 e. The first kappa shape index (κ1) is 30.0.